The molecule has 1 aromatic rings. The summed E-state index contributed by atoms with van der Waals surface area (Å²) in [5.41, 5.74) is 6.30. The van der Waals surface area contributed by atoms with Crippen molar-refractivity contribution in [2.75, 3.05) is 32.8 Å². The predicted octanol–water partition coefficient (Wildman–Crippen LogP) is 2.78. The van der Waals surface area contributed by atoms with Gasteiger partial charge >= 0.3 is 0 Å². The topological polar surface area (TPSA) is 55.6 Å². The average Bonchev–Trinajstić information content (AvgIpc) is 2.64. The van der Waals surface area contributed by atoms with E-state index in [2.05, 4.69) is 0 Å². The van der Waals surface area contributed by atoms with Gasteiger partial charge in [-0.15, -0.1) is 12.4 Å². The van der Waals surface area contributed by atoms with Crippen LogP contribution in [0.25, 0.3) is 0 Å². The van der Waals surface area contributed by atoms with E-state index in [0.29, 0.717) is 25.7 Å². The van der Waals surface area contributed by atoms with Gasteiger partial charge in [0.1, 0.15) is 5.82 Å². The smallest absolute Gasteiger partial charge is 0.230 e. The maximum atomic E-state index is 13.8. The number of hydrogen-bond acceptors (Lipinski definition) is 3. The number of halogens is 2. The lowest BCUT2D eigenvalue weighted by Crippen LogP contribution is -2.52. The van der Waals surface area contributed by atoms with Gasteiger partial charge in [0.25, 0.3) is 0 Å². The third-order valence-electron chi connectivity index (χ3n) is 5.66. The first-order valence-corrected chi connectivity index (χ1v) is 8.95. The van der Waals surface area contributed by atoms with E-state index in [1.165, 1.54) is 6.07 Å². The summed E-state index contributed by atoms with van der Waals surface area (Å²) >= 11 is 0. The van der Waals surface area contributed by atoms with E-state index in [4.69, 9.17) is 10.5 Å². The molecule has 1 amide bonds. The van der Waals surface area contributed by atoms with Crippen molar-refractivity contribution in [1.29, 1.82) is 0 Å². The Morgan fingerprint density at radius 1 is 1.24 bits per heavy atom. The van der Waals surface area contributed by atoms with Gasteiger partial charge in [0.15, 0.2) is 0 Å². The van der Waals surface area contributed by atoms with Crippen molar-refractivity contribution >= 4 is 18.3 Å². The van der Waals surface area contributed by atoms with Gasteiger partial charge in [-0.1, -0.05) is 18.2 Å². The zero-order valence-electron chi connectivity index (χ0n) is 14.6. The Labute approximate surface area is 155 Å². The first-order valence-electron chi connectivity index (χ1n) is 8.95. The van der Waals surface area contributed by atoms with Crippen LogP contribution >= 0.6 is 12.4 Å². The predicted molar refractivity (Wildman–Crippen MR) is 98.2 cm³/mol. The van der Waals surface area contributed by atoms with Crippen molar-refractivity contribution in [3.05, 3.63) is 35.6 Å². The highest BCUT2D eigenvalue weighted by Crippen LogP contribution is 2.33. The lowest BCUT2D eigenvalue weighted by Gasteiger charge is -2.41. The van der Waals surface area contributed by atoms with E-state index in [-0.39, 0.29) is 24.1 Å². The number of rotatable bonds is 4. The second-order valence-corrected chi connectivity index (χ2v) is 7.13. The highest BCUT2D eigenvalue weighted by molar-refractivity contribution is 5.85. The molecule has 2 aliphatic heterocycles. The third-order valence-corrected chi connectivity index (χ3v) is 5.66. The summed E-state index contributed by atoms with van der Waals surface area (Å²) in [6.07, 6.45) is 4.05. The number of carbonyl (C=O) groups excluding carboxylic acids is 1. The van der Waals surface area contributed by atoms with Crippen molar-refractivity contribution in [3.63, 3.8) is 0 Å². The SMILES string of the molecule is Cl.NCC1(C(=O)N2CCC(Cc3ccccc3F)CC2)CCOCC1. The Hall–Kier alpha value is -1.17. The van der Waals surface area contributed by atoms with Gasteiger partial charge in [-0.25, -0.2) is 4.39 Å². The number of likely N-dealkylation sites (tertiary alicyclic amines) is 1. The van der Waals surface area contributed by atoms with Crippen LogP contribution in [-0.4, -0.2) is 43.7 Å². The van der Waals surface area contributed by atoms with Crippen LogP contribution in [0, 0.1) is 17.2 Å². The van der Waals surface area contributed by atoms with Crippen molar-refractivity contribution in [2.45, 2.75) is 32.1 Å². The maximum absolute atomic E-state index is 13.8. The summed E-state index contributed by atoms with van der Waals surface area (Å²) in [7, 11) is 0. The van der Waals surface area contributed by atoms with Crippen LogP contribution in [0.2, 0.25) is 0 Å². The number of nitrogens with two attached hydrogens (primary N) is 1. The molecule has 140 valence electrons. The van der Waals surface area contributed by atoms with Crippen LogP contribution in [0.1, 0.15) is 31.2 Å². The molecule has 0 radical (unpaired) electrons. The number of amides is 1. The van der Waals surface area contributed by atoms with E-state index < -0.39 is 5.41 Å². The third kappa shape index (κ3) is 4.52. The second kappa shape index (κ2) is 8.97. The Kier molecular flexibility index (Phi) is 7.23. The molecule has 25 heavy (non-hydrogen) atoms. The van der Waals surface area contributed by atoms with E-state index in [0.717, 1.165) is 50.8 Å². The number of benzene rings is 1. The zero-order chi connectivity index (χ0) is 17.0. The van der Waals surface area contributed by atoms with Gasteiger partial charge in [0.2, 0.25) is 5.91 Å². The monoisotopic (exact) mass is 370 g/mol. The first kappa shape index (κ1) is 20.1. The molecule has 0 bridgehead atoms. The molecule has 2 N–H and O–H groups in total. The highest BCUT2D eigenvalue weighted by atomic mass is 35.5. The largest absolute Gasteiger partial charge is 0.381 e. The average molecular weight is 371 g/mol. The van der Waals surface area contributed by atoms with Crippen molar-refractivity contribution < 1.29 is 13.9 Å². The lowest BCUT2D eigenvalue weighted by molar-refractivity contribution is -0.148. The fourth-order valence-corrected chi connectivity index (χ4v) is 3.92. The van der Waals surface area contributed by atoms with Crippen LogP contribution in [0.3, 0.4) is 0 Å². The van der Waals surface area contributed by atoms with E-state index in [1.807, 2.05) is 17.0 Å². The molecule has 0 unspecified atom stereocenters. The summed E-state index contributed by atoms with van der Waals surface area (Å²) in [4.78, 5) is 14.9. The van der Waals surface area contributed by atoms with Crippen LogP contribution in [-0.2, 0) is 16.0 Å². The van der Waals surface area contributed by atoms with Gasteiger partial charge < -0.3 is 15.4 Å². The van der Waals surface area contributed by atoms with Gasteiger partial charge in [0.05, 0.1) is 5.41 Å². The van der Waals surface area contributed by atoms with E-state index in [9.17, 15) is 9.18 Å². The molecule has 2 fully saturated rings. The second-order valence-electron chi connectivity index (χ2n) is 7.13. The number of ether oxygens (including phenoxy) is 1. The Balaban J connectivity index is 0.00000225. The van der Waals surface area contributed by atoms with Gasteiger partial charge in [-0.05, 0) is 49.7 Å². The molecular weight excluding hydrogens is 343 g/mol. The number of carbonyl (C=O) groups is 1. The quantitative estimate of drug-likeness (QED) is 0.886. The standard InChI is InChI=1S/C19H27FN2O2.ClH/c20-17-4-2-1-3-16(17)13-15-5-9-22(10-6-15)18(23)19(14-21)7-11-24-12-8-19;/h1-4,15H,5-14,21H2;1H. The molecule has 0 atom stereocenters. The molecule has 6 heteroatoms. The maximum Gasteiger partial charge on any atom is 0.230 e. The molecule has 0 aromatic heterocycles. The first-order chi connectivity index (χ1) is 11.6. The lowest BCUT2D eigenvalue weighted by atomic mass is 9.78. The minimum Gasteiger partial charge on any atom is -0.381 e. The summed E-state index contributed by atoms with van der Waals surface area (Å²) in [5, 5.41) is 0. The molecule has 2 saturated heterocycles. The van der Waals surface area contributed by atoms with E-state index >= 15 is 0 Å². The van der Waals surface area contributed by atoms with Gasteiger partial charge in [-0.3, -0.25) is 4.79 Å². The summed E-state index contributed by atoms with van der Waals surface area (Å²) in [5.74, 6) is 0.507. The fraction of sp³-hybridized carbons (Fsp3) is 0.632. The molecular formula is C19H28ClFN2O2. The molecule has 2 heterocycles. The Bertz CT molecular complexity index is 570. The molecule has 4 nitrogen and oxygen atoms in total. The van der Waals surface area contributed by atoms with Crippen molar-refractivity contribution in [3.8, 4) is 0 Å². The van der Waals surface area contributed by atoms with Crippen LogP contribution in [0.15, 0.2) is 24.3 Å². The summed E-state index contributed by atoms with van der Waals surface area (Å²) in [6.45, 7) is 3.13. The highest BCUT2D eigenvalue weighted by Gasteiger charge is 2.42. The van der Waals surface area contributed by atoms with Crippen LogP contribution in [0.4, 0.5) is 4.39 Å². The minimum absolute atomic E-state index is 0. The van der Waals surface area contributed by atoms with Gasteiger partial charge in [0, 0.05) is 32.8 Å². The molecule has 0 aliphatic carbocycles. The minimum atomic E-state index is -0.434. The normalized spacial score (nSPS) is 20.8. The molecule has 1 aromatic carbocycles. The molecule has 2 aliphatic rings. The van der Waals surface area contributed by atoms with Gasteiger partial charge in [-0.2, -0.15) is 0 Å². The van der Waals surface area contributed by atoms with Crippen LogP contribution in [0.5, 0.6) is 0 Å². The molecule has 3 rings (SSSR count). The van der Waals surface area contributed by atoms with Crippen molar-refractivity contribution in [2.24, 2.45) is 17.1 Å². The summed E-state index contributed by atoms with van der Waals surface area (Å²) < 4.78 is 19.2. The Morgan fingerprint density at radius 2 is 1.88 bits per heavy atom. The van der Waals surface area contributed by atoms with E-state index in [1.54, 1.807) is 6.07 Å². The zero-order valence-corrected chi connectivity index (χ0v) is 15.4. The van der Waals surface area contributed by atoms with Crippen LogP contribution < -0.4 is 5.73 Å². The number of piperidine rings is 1. The number of nitrogens with zero attached hydrogens (tertiary/aromatic N) is 1. The fourth-order valence-electron chi connectivity index (χ4n) is 3.92. The van der Waals surface area contributed by atoms with Crippen molar-refractivity contribution in [1.82, 2.24) is 4.90 Å². The Morgan fingerprint density at radius 3 is 2.48 bits per heavy atom. The molecule has 0 saturated carbocycles. The molecule has 0 spiro atoms. The number of hydrogen-bond donors (Lipinski definition) is 1. The summed E-state index contributed by atoms with van der Waals surface area (Å²) in [6, 6.07) is 6.98.